The van der Waals surface area contributed by atoms with E-state index in [1.165, 1.54) is 0 Å². The first-order valence-electron chi connectivity index (χ1n) is 6.52. The molecule has 0 spiro atoms. The Bertz CT molecular complexity index is 430. The molecule has 1 heterocycles. The van der Waals surface area contributed by atoms with E-state index in [9.17, 15) is 9.90 Å². The molecule has 1 rings (SSSR count). The van der Waals surface area contributed by atoms with E-state index in [4.69, 9.17) is 0 Å². The smallest absolute Gasteiger partial charge is 0.273 e. The van der Waals surface area contributed by atoms with Crippen LogP contribution in [0.3, 0.4) is 0 Å². The molecule has 1 atom stereocenters. The van der Waals surface area contributed by atoms with Crippen LogP contribution in [-0.2, 0) is 0 Å². The highest BCUT2D eigenvalue weighted by Crippen LogP contribution is 2.25. The maximum atomic E-state index is 12.1. The van der Waals surface area contributed by atoms with Gasteiger partial charge in [-0.15, -0.1) is 0 Å². The van der Waals surface area contributed by atoms with Crippen LogP contribution in [0, 0.1) is 5.92 Å². The van der Waals surface area contributed by atoms with Crippen molar-refractivity contribution in [1.29, 1.82) is 0 Å². The molecule has 0 bridgehead atoms. The summed E-state index contributed by atoms with van der Waals surface area (Å²) >= 11 is 3.40. The van der Waals surface area contributed by atoms with Crippen LogP contribution >= 0.6 is 15.9 Å². The molecule has 0 aliphatic rings. The van der Waals surface area contributed by atoms with Crippen LogP contribution in [0.1, 0.15) is 56.2 Å². The van der Waals surface area contributed by atoms with Gasteiger partial charge in [-0.25, -0.2) is 0 Å². The molecule has 19 heavy (non-hydrogen) atoms. The zero-order chi connectivity index (χ0) is 14.6. The van der Waals surface area contributed by atoms with Crippen LogP contribution in [0.5, 0.6) is 0 Å². The van der Waals surface area contributed by atoms with E-state index in [0.717, 1.165) is 12.1 Å². The average Bonchev–Trinajstić information content (AvgIpc) is 2.69. The highest BCUT2D eigenvalue weighted by molar-refractivity contribution is 9.10. The SMILES string of the molecule is CC(C)CC(CO)NC(=O)c1n[nH]c(C(C)C)c1Br. The predicted molar refractivity (Wildman–Crippen MR) is 78.2 cm³/mol. The molecule has 108 valence electrons. The summed E-state index contributed by atoms with van der Waals surface area (Å²) in [7, 11) is 0. The van der Waals surface area contributed by atoms with Crippen LogP contribution in [0.25, 0.3) is 0 Å². The number of carbonyl (C=O) groups is 1. The number of aliphatic hydroxyl groups is 1. The number of rotatable bonds is 6. The first-order chi connectivity index (χ1) is 8.86. The van der Waals surface area contributed by atoms with E-state index in [1.54, 1.807) is 0 Å². The summed E-state index contributed by atoms with van der Waals surface area (Å²) in [6.07, 6.45) is 0.737. The molecule has 1 aromatic rings. The molecule has 6 heteroatoms. The molecule has 1 aromatic heterocycles. The highest BCUT2D eigenvalue weighted by atomic mass is 79.9. The lowest BCUT2D eigenvalue weighted by molar-refractivity contribution is 0.0902. The standard InChI is InChI=1S/C13H22BrN3O2/c1-7(2)5-9(6-18)15-13(19)12-10(14)11(8(3)4)16-17-12/h7-9,18H,5-6H2,1-4H3,(H,15,19)(H,16,17). The monoisotopic (exact) mass is 331 g/mol. The zero-order valence-corrected chi connectivity index (χ0v) is 13.4. The van der Waals surface area contributed by atoms with Gasteiger partial charge in [0.05, 0.1) is 22.8 Å². The minimum Gasteiger partial charge on any atom is -0.394 e. The van der Waals surface area contributed by atoms with Crippen molar-refractivity contribution in [3.63, 3.8) is 0 Å². The van der Waals surface area contributed by atoms with Crippen molar-refractivity contribution < 1.29 is 9.90 Å². The average molecular weight is 332 g/mol. The lowest BCUT2D eigenvalue weighted by atomic mass is 10.0. The van der Waals surface area contributed by atoms with Crippen LogP contribution in [0.4, 0.5) is 0 Å². The van der Waals surface area contributed by atoms with Gasteiger partial charge in [0, 0.05) is 0 Å². The zero-order valence-electron chi connectivity index (χ0n) is 11.8. The molecule has 1 amide bonds. The third-order valence-corrected chi connectivity index (χ3v) is 3.64. The van der Waals surface area contributed by atoms with Crippen molar-refractivity contribution >= 4 is 21.8 Å². The van der Waals surface area contributed by atoms with E-state index >= 15 is 0 Å². The second-order valence-corrected chi connectivity index (χ2v) is 6.23. The Morgan fingerprint density at radius 1 is 1.42 bits per heavy atom. The van der Waals surface area contributed by atoms with Gasteiger partial charge in [0.25, 0.3) is 5.91 Å². The number of aromatic amines is 1. The first kappa shape index (κ1) is 16.2. The fourth-order valence-corrected chi connectivity index (χ4v) is 2.69. The van der Waals surface area contributed by atoms with E-state index in [0.29, 0.717) is 16.1 Å². The molecular formula is C13H22BrN3O2. The molecule has 0 aliphatic carbocycles. The van der Waals surface area contributed by atoms with Crippen molar-refractivity contribution in [3.05, 3.63) is 15.9 Å². The molecule has 1 unspecified atom stereocenters. The van der Waals surface area contributed by atoms with Gasteiger partial charge in [0.2, 0.25) is 0 Å². The minimum absolute atomic E-state index is 0.0665. The van der Waals surface area contributed by atoms with Gasteiger partial charge in [-0.05, 0) is 34.2 Å². The van der Waals surface area contributed by atoms with Crippen LogP contribution in [-0.4, -0.2) is 33.9 Å². The van der Waals surface area contributed by atoms with Gasteiger partial charge in [-0.3, -0.25) is 9.89 Å². The van der Waals surface area contributed by atoms with E-state index in [-0.39, 0.29) is 24.5 Å². The first-order valence-corrected chi connectivity index (χ1v) is 7.31. The van der Waals surface area contributed by atoms with Crippen LogP contribution in [0.15, 0.2) is 4.47 Å². The number of nitrogens with zero attached hydrogens (tertiary/aromatic N) is 1. The van der Waals surface area contributed by atoms with E-state index in [1.807, 2.05) is 13.8 Å². The van der Waals surface area contributed by atoms with Gasteiger partial charge in [0.1, 0.15) is 0 Å². The van der Waals surface area contributed by atoms with Gasteiger partial charge in [-0.1, -0.05) is 27.7 Å². The molecule has 3 N–H and O–H groups in total. The number of aliphatic hydroxyl groups excluding tert-OH is 1. The molecule has 5 nitrogen and oxygen atoms in total. The molecule has 0 aromatic carbocycles. The Hall–Kier alpha value is -0.880. The van der Waals surface area contributed by atoms with Crippen molar-refractivity contribution in [2.75, 3.05) is 6.61 Å². The fourth-order valence-electron chi connectivity index (χ4n) is 1.88. The Morgan fingerprint density at radius 2 is 2.05 bits per heavy atom. The summed E-state index contributed by atoms with van der Waals surface area (Å²) in [5.74, 6) is 0.397. The molecular weight excluding hydrogens is 310 g/mol. The van der Waals surface area contributed by atoms with E-state index in [2.05, 4.69) is 45.3 Å². The second kappa shape index (κ2) is 7.05. The molecule has 0 saturated heterocycles. The number of hydrogen-bond donors (Lipinski definition) is 3. The Morgan fingerprint density at radius 3 is 2.47 bits per heavy atom. The summed E-state index contributed by atoms with van der Waals surface area (Å²) in [4.78, 5) is 12.1. The summed E-state index contributed by atoms with van der Waals surface area (Å²) in [6.45, 7) is 8.08. The topological polar surface area (TPSA) is 78.0 Å². The number of hydrogen-bond acceptors (Lipinski definition) is 3. The molecule has 0 aliphatic heterocycles. The van der Waals surface area contributed by atoms with Crippen molar-refractivity contribution in [2.24, 2.45) is 5.92 Å². The van der Waals surface area contributed by atoms with E-state index < -0.39 is 0 Å². The number of carbonyl (C=O) groups excluding carboxylic acids is 1. The Balaban J connectivity index is 2.77. The lowest BCUT2D eigenvalue weighted by Crippen LogP contribution is -2.38. The van der Waals surface area contributed by atoms with Crippen molar-refractivity contribution in [2.45, 2.75) is 46.1 Å². The number of amides is 1. The normalized spacial score (nSPS) is 13.1. The Kier molecular flexibility index (Phi) is 6.00. The summed E-state index contributed by atoms with van der Waals surface area (Å²) in [6, 6.07) is -0.237. The minimum atomic E-state index is -0.269. The van der Waals surface area contributed by atoms with Gasteiger partial charge in [-0.2, -0.15) is 5.10 Å². The lowest BCUT2D eigenvalue weighted by Gasteiger charge is -2.17. The largest absolute Gasteiger partial charge is 0.394 e. The van der Waals surface area contributed by atoms with Gasteiger partial charge in [0.15, 0.2) is 5.69 Å². The molecule has 0 radical (unpaired) electrons. The Labute approximate surface area is 122 Å². The maximum absolute atomic E-state index is 12.1. The van der Waals surface area contributed by atoms with Crippen LogP contribution in [0.2, 0.25) is 0 Å². The number of aromatic nitrogens is 2. The fraction of sp³-hybridized carbons (Fsp3) is 0.692. The summed E-state index contributed by atoms with van der Waals surface area (Å²) in [5, 5.41) is 19.0. The molecule has 0 saturated carbocycles. The predicted octanol–water partition coefficient (Wildman–Crippen LogP) is 2.43. The van der Waals surface area contributed by atoms with Gasteiger partial charge >= 0.3 is 0 Å². The third kappa shape index (κ3) is 4.31. The van der Waals surface area contributed by atoms with Crippen molar-refractivity contribution in [3.8, 4) is 0 Å². The van der Waals surface area contributed by atoms with Gasteiger partial charge < -0.3 is 10.4 Å². The van der Waals surface area contributed by atoms with Crippen LogP contribution < -0.4 is 5.32 Å². The highest BCUT2D eigenvalue weighted by Gasteiger charge is 2.21. The number of H-pyrrole nitrogens is 1. The van der Waals surface area contributed by atoms with Crippen molar-refractivity contribution in [1.82, 2.24) is 15.5 Å². The second-order valence-electron chi connectivity index (χ2n) is 5.44. The molecule has 0 fully saturated rings. The number of halogens is 1. The number of nitrogens with one attached hydrogen (secondary N) is 2. The third-order valence-electron chi connectivity index (χ3n) is 2.84. The summed E-state index contributed by atoms with van der Waals surface area (Å²) in [5.41, 5.74) is 1.24. The maximum Gasteiger partial charge on any atom is 0.273 e. The quantitative estimate of drug-likeness (QED) is 0.749. The summed E-state index contributed by atoms with van der Waals surface area (Å²) < 4.78 is 0.696.